The molecule has 2 amide bonds. The van der Waals surface area contributed by atoms with E-state index in [2.05, 4.69) is 4.98 Å². The van der Waals surface area contributed by atoms with Gasteiger partial charge >= 0.3 is 6.18 Å². The molecule has 0 spiro atoms. The second kappa shape index (κ2) is 10.4. The Morgan fingerprint density at radius 3 is 2.32 bits per heavy atom. The van der Waals surface area contributed by atoms with Crippen LogP contribution in [0.5, 0.6) is 0 Å². The summed E-state index contributed by atoms with van der Waals surface area (Å²) in [6, 6.07) is 3.31. The number of alkyl halides is 5. The van der Waals surface area contributed by atoms with E-state index in [9.17, 15) is 49.5 Å². The Kier molecular flexibility index (Phi) is 7.63. The molecule has 44 heavy (non-hydrogen) atoms. The average Bonchev–Trinajstić information content (AvgIpc) is 3.46. The van der Waals surface area contributed by atoms with Crippen molar-refractivity contribution in [2.45, 2.75) is 91.8 Å². The summed E-state index contributed by atoms with van der Waals surface area (Å²) >= 11 is 0. The van der Waals surface area contributed by atoms with Crippen LogP contribution in [0.25, 0.3) is 0 Å². The molecular weight excluding hydrogens is 616 g/mol. The van der Waals surface area contributed by atoms with Crippen molar-refractivity contribution in [3.63, 3.8) is 0 Å². The van der Waals surface area contributed by atoms with Crippen LogP contribution in [-0.4, -0.2) is 83.2 Å². The van der Waals surface area contributed by atoms with Crippen LogP contribution in [0, 0.1) is 5.82 Å². The lowest BCUT2D eigenvalue weighted by Crippen LogP contribution is -2.56. The Bertz CT molecular complexity index is 1590. The fraction of sp³-hybridized carbons (Fsp3) is 0.552. The molecule has 1 aromatic heterocycles. The first-order valence-corrected chi connectivity index (χ1v) is 15.4. The van der Waals surface area contributed by atoms with Crippen molar-refractivity contribution in [2.75, 3.05) is 13.1 Å². The minimum Gasteiger partial charge on any atom is -0.389 e. The van der Waals surface area contributed by atoms with Crippen LogP contribution in [0.3, 0.4) is 0 Å². The fourth-order valence-electron chi connectivity index (χ4n) is 6.66. The van der Waals surface area contributed by atoms with Crippen molar-refractivity contribution in [1.82, 2.24) is 14.8 Å². The van der Waals surface area contributed by atoms with Crippen LogP contribution in [0.4, 0.5) is 26.3 Å². The number of fused-ring (bicyclic) bond motifs is 3. The average molecular weight is 648 g/mol. The van der Waals surface area contributed by atoms with Crippen LogP contribution < -0.4 is 0 Å². The van der Waals surface area contributed by atoms with E-state index >= 15 is 0 Å². The maximum absolute atomic E-state index is 14.9. The van der Waals surface area contributed by atoms with Crippen molar-refractivity contribution in [2.24, 2.45) is 0 Å². The first-order chi connectivity index (χ1) is 20.2. The summed E-state index contributed by atoms with van der Waals surface area (Å²) in [7, 11) is -4.53. The number of nitrogens with zero attached hydrogens (tertiary/aromatic N) is 3. The third-order valence-electron chi connectivity index (χ3n) is 8.82. The molecule has 0 radical (unpaired) electrons. The normalized spacial score (nSPS) is 27.2. The minimum absolute atomic E-state index is 0.0192. The minimum atomic E-state index is -5.30. The van der Waals surface area contributed by atoms with E-state index in [1.165, 1.54) is 18.7 Å². The zero-order chi connectivity index (χ0) is 32.6. The van der Waals surface area contributed by atoms with Gasteiger partial charge in [-0.05, 0) is 75.9 Å². The highest BCUT2D eigenvalue weighted by Gasteiger charge is 2.63. The van der Waals surface area contributed by atoms with Gasteiger partial charge in [-0.2, -0.15) is 13.2 Å². The Morgan fingerprint density at radius 1 is 1.09 bits per heavy atom. The Balaban J connectivity index is 1.63. The second-order valence-electron chi connectivity index (χ2n) is 12.4. The molecule has 1 N–H and O–H groups in total. The Labute approximate surface area is 250 Å². The molecule has 3 aliphatic rings. The quantitative estimate of drug-likeness (QED) is 0.377. The standard InChI is InChI=1S/C29H31F6N3O5S/c1-26(2,41)15-38-21(14-19(31)24(38)39)25(40)37-13-12-28(44(42,43)17-6-4-16(30)5-7-17)18-8-10-22(27(3,32)29(33,34)35)36-20(18)9-11-23(28)37/h4-8,10,19,21,23,41H,9,11-15H2,1-3H3/t19-,21+,23?,27?,28?/m1/s1. The number of hydrogen-bond acceptors (Lipinski definition) is 6. The molecule has 3 heterocycles. The van der Waals surface area contributed by atoms with Crippen molar-refractivity contribution >= 4 is 21.7 Å². The Hall–Kier alpha value is -3.20. The summed E-state index contributed by atoms with van der Waals surface area (Å²) in [5, 5.41) is 10.3. The third kappa shape index (κ3) is 4.95. The van der Waals surface area contributed by atoms with E-state index < -0.39 is 80.0 Å². The second-order valence-corrected chi connectivity index (χ2v) is 14.6. The lowest BCUT2D eigenvalue weighted by molar-refractivity contribution is -0.230. The van der Waals surface area contributed by atoms with Gasteiger partial charge in [-0.15, -0.1) is 0 Å². The third-order valence-corrected chi connectivity index (χ3v) is 11.4. The number of hydrogen-bond donors (Lipinski definition) is 1. The van der Waals surface area contributed by atoms with Gasteiger partial charge in [0.1, 0.15) is 16.6 Å². The molecule has 2 aromatic rings. The van der Waals surface area contributed by atoms with Gasteiger partial charge in [0.15, 0.2) is 16.0 Å². The summed E-state index contributed by atoms with van der Waals surface area (Å²) < 4.78 is 111. The van der Waals surface area contributed by atoms with Crippen molar-refractivity contribution < 1.29 is 49.5 Å². The van der Waals surface area contributed by atoms with Gasteiger partial charge < -0.3 is 14.9 Å². The monoisotopic (exact) mass is 647 g/mol. The highest BCUT2D eigenvalue weighted by Crippen LogP contribution is 2.53. The van der Waals surface area contributed by atoms with E-state index in [-0.39, 0.29) is 48.5 Å². The number of amides is 2. The van der Waals surface area contributed by atoms with Crippen LogP contribution in [0.1, 0.15) is 57.0 Å². The number of halogens is 6. The molecule has 0 saturated carbocycles. The highest BCUT2D eigenvalue weighted by molar-refractivity contribution is 7.92. The van der Waals surface area contributed by atoms with Gasteiger partial charge in [-0.1, -0.05) is 6.07 Å². The summed E-state index contributed by atoms with van der Waals surface area (Å²) in [5.74, 6) is -2.45. The topological polar surface area (TPSA) is 108 Å². The summed E-state index contributed by atoms with van der Waals surface area (Å²) in [4.78, 5) is 32.4. The zero-order valence-electron chi connectivity index (χ0n) is 24.0. The van der Waals surface area contributed by atoms with E-state index in [1.807, 2.05) is 0 Å². The molecule has 0 bridgehead atoms. The van der Waals surface area contributed by atoms with Crippen molar-refractivity contribution in [3.8, 4) is 0 Å². The van der Waals surface area contributed by atoms with E-state index in [0.29, 0.717) is 6.92 Å². The lowest BCUT2D eigenvalue weighted by Gasteiger charge is -2.43. The largest absolute Gasteiger partial charge is 0.428 e. The lowest BCUT2D eigenvalue weighted by atomic mass is 9.80. The van der Waals surface area contributed by atoms with Crippen molar-refractivity contribution in [1.29, 1.82) is 0 Å². The molecule has 5 rings (SSSR count). The van der Waals surface area contributed by atoms with Crippen LogP contribution in [0.2, 0.25) is 0 Å². The number of aliphatic hydroxyl groups is 1. The fourth-order valence-corrected chi connectivity index (χ4v) is 9.01. The molecule has 2 saturated heterocycles. The molecule has 240 valence electrons. The number of aromatic nitrogens is 1. The first-order valence-electron chi connectivity index (χ1n) is 14.0. The highest BCUT2D eigenvalue weighted by atomic mass is 32.2. The van der Waals surface area contributed by atoms with Gasteiger partial charge in [0.05, 0.1) is 22.2 Å². The van der Waals surface area contributed by atoms with Gasteiger partial charge in [-0.25, -0.2) is 21.6 Å². The molecule has 3 unspecified atom stereocenters. The maximum atomic E-state index is 14.9. The predicted molar refractivity (Wildman–Crippen MR) is 144 cm³/mol. The number of carbonyl (C=O) groups is 2. The molecular formula is C29H31F6N3O5S. The molecule has 5 atom stereocenters. The summed E-state index contributed by atoms with van der Waals surface area (Å²) in [6.45, 7) is 2.52. The molecule has 8 nitrogen and oxygen atoms in total. The molecule has 2 aliphatic heterocycles. The number of pyridine rings is 1. The van der Waals surface area contributed by atoms with Gasteiger partial charge in [0, 0.05) is 25.2 Å². The summed E-state index contributed by atoms with van der Waals surface area (Å²) in [5.41, 5.74) is -6.37. The number of aryl methyl sites for hydroxylation is 1. The van der Waals surface area contributed by atoms with Gasteiger partial charge in [-0.3, -0.25) is 14.6 Å². The zero-order valence-corrected chi connectivity index (χ0v) is 24.9. The number of carbonyl (C=O) groups excluding carboxylic acids is 2. The number of β-amino-alcohol motifs (C(OH)–C–C–N with tert-alkyl or cyclic N) is 1. The number of likely N-dealkylation sites (tertiary alicyclic amines) is 2. The van der Waals surface area contributed by atoms with Crippen LogP contribution >= 0.6 is 0 Å². The molecule has 1 aromatic carbocycles. The molecule has 1 aliphatic carbocycles. The summed E-state index contributed by atoms with van der Waals surface area (Å²) in [6.07, 6.45) is -8.32. The van der Waals surface area contributed by atoms with E-state index in [0.717, 1.165) is 41.3 Å². The first kappa shape index (κ1) is 32.2. The Morgan fingerprint density at radius 2 is 1.73 bits per heavy atom. The van der Waals surface area contributed by atoms with Crippen LogP contribution in [0.15, 0.2) is 41.3 Å². The molecule has 15 heteroatoms. The maximum Gasteiger partial charge on any atom is 0.428 e. The number of sulfone groups is 1. The number of benzene rings is 1. The van der Waals surface area contributed by atoms with Crippen LogP contribution in [-0.2, 0) is 36.3 Å². The SMILES string of the molecule is CC(C)(O)CN1C(=O)[C@H](F)C[C@H]1C(=O)N1CCC2(S(=O)(=O)c3ccc(F)cc3)c3ccc(C(C)(F)C(F)(F)F)nc3CCC12. The van der Waals surface area contributed by atoms with Gasteiger partial charge in [0.25, 0.3) is 5.91 Å². The molecule has 2 fully saturated rings. The van der Waals surface area contributed by atoms with E-state index in [1.54, 1.807) is 0 Å². The smallest absolute Gasteiger partial charge is 0.389 e. The van der Waals surface area contributed by atoms with Gasteiger partial charge in [0.2, 0.25) is 11.6 Å². The number of rotatable bonds is 6. The van der Waals surface area contributed by atoms with Crippen molar-refractivity contribution in [3.05, 3.63) is 59.2 Å². The predicted octanol–water partition coefficient (Wildman–Crippen LogP) is 3.89. The van der Waals surface area contributed by atoms with E-state index in [4.69, 9.17) is 0 Å².